The van der Waals surface area contributed by atoms with Crippen LogP contribution in [0.2, 0.25) is 0 Å². The van der Waals surface area contributed by atoms with E-state index in [0.717, 1.165) is 5.56 Å². The number of rotatable bonds is 8. The van der Waals surface area contributed by atoms with Gasteiger partial charge < -0.3 is 18.9 Å². The molecule has 0 aliphatic carbocycles. The van der Waals surface area contributed by atoms with Crippen LogP contribution in [0, 0.1) is 0 Å². The molecule has 0 unspecified atom stereocenters. The van der Waals surface area contributed by atoms with Crippen molar-refractivity contribution >= 4 is 11.8 Å². The van der Waals surface area contributed by atoms with Crippen molar-refractivity contribution in [2.45, 2.75) is 25.2 Å². The molecule has 1 saturated heterocycles. The summed E-state index contributed by atoms with van der Waals surface area (Å²) in [5, 5.41) is 0. The van der Waals surface area contributed by atoms with E-state index in [4.69, 9.17) is 14.2 Å². The molecule has 0 atom stereocenters. The number of esters is 1. The smallest absolute Gasteiger partial charge is 0.313 e. The van der Waals surface area contributed by atoms with Crippen LogP contribution in [0.15, 0.2) is 30.3 Å². The highest BCUT2D eigenvalue weighted by Gasteiger charge is 2.39. The Morgan fingerprint density at radius 1 is 1.18 bits per heavy atom. The van der Waals surface area contributed by atoms with Crippen molar-refractivity contribution in [3.05, 3.63) is 35.9 Å². The first kappa shape index (κ1) is 16.6. The topological polar surface area (TPSA) is 71.1 Å². The lowest BCUT2D eigenvalue weighted by Crippen LogP contribution is -2.38. The van der Waals surface area contributed by atoms with E-state index in [1.807, 2.05) is 30.3 Å². The zero-order valence-corrected chi connectivity index (χ0v) is 12.6. The number of ketones is 1. The summed E-state index contributed by atoms with van der Waals surface area (Å²) in [5.74, 6) is -1.96. The third-order valence-corrected chi connectivity index (χ3v) is 3.28. The summed E-state index contributed by atoms with van der Waals surface area (Å²) >= 11 is 0. The Labute approximate surface area is 129 Å². The minimum Gasteiger partial charge on any atom is -0.469 e. The first-order valence-corrected chi connectivity index (χ1v) is 7.12. The highest BCUT2D eigenvalue weighted by molar-refractivity contribution is 5.95. The fourth-order valence-electron chi connectivity index (χ4n) is 2.23. The number of benzene rings is 1. The Kier molecular flexibility index (Phi) is 6.06. The quantitative estimate of drug-likeness (QED) is 0.535. The molecule has 1 aromatic rings. The number of carbonyl (C=O) groups excluding carboxylic acids is 2. The molecule has 1 heterocycles. The summed E-state index contributed by atoms with van der Waals surface area (Å²) in [5.41, 5.74) is 1.02. The maximum absolute atomic E-state index is 11.9. The van der Waals surface area contributed by atoms with Crippen LogP contribution in [0.3, 0.4) is 0 Å². The lowest BCUT2D eigenvalue weighted by atomic mass is 10.1. The second-order valence-electron chi connectivity index (χ2n) is 5.05. The van der Waals surface area contributed by atoms with Crippen molar-refractivity contribution in [2.24, 2.45) is 0 Å². The minimum absolute atomic E-state index is 0.0309. The largest absolute Gasteiger partial charge is 0.469 e. The zero-order valence-electron chi connectivity index (χ0n) is 12.6. The Morgan fingerprint density at radius 2 is 1.86 bits per heavy atom. The molecule has 0 N–H and O–H groups in total. The number of hydrogen-bond acceptors (Lipinski definition) is 6. The zero-order chi connectivity index (χ0) is 15.8. The van der Waals surface area contributed by atoms with Crippen LogP contribution in [-0.4, -0.2) is 44.5 Å². The Hall–Kier alpha value is -1.76. The average Bonchev–Trinajstić information content (AvgIpc) is 2.96. The predicted molar refractivity (Wildman–Crippen MR) is 77.0 cm³/mol. The van der Waals surface area contributed by atoms with Gasteiger partial charge in [-0.25, -0.2) is 0 Å². The number of methoxy groups -OCH3 is 1. The summed E-state index contributed by atoms with van der Waals surface area (Å²) < 4.78 is 21.2. The monoisotopic (exact) mass is 308 g/mol. The van der Waals surface area contributed by atoms with Gasteiger partial charge in [0, 0.05) is 0 Å². The maximum Gasteiger partial charge on any atom is 0.313 e. The molecule has 0 bridgehead atoms. The molecule has 22 heavy (non-hydrogen) atoms. The molecule has 0 saturated carbocycles. The van der Waals surface area contributed by atoms with Gasteiger partial charge in [0.05, 0.1) is 33.4 Å². The van der Waals surface area contributed by atoms with E-state index in [0.29, 0.717) is 19.8 Å². The van der Waals surface area contributed by atoms with Gasteiger partial charge in [0.25, 0.3) is 0 Å². The van der Waals surface area contributed by atoms with Gasteiger partial charge in [0.1, 0.15) is 18.8 Å². The van der Waals surface area contributed by atoms with Crippen molar-refractivity contribution in [1.82, 2.24) is 0 Å². The van der Waals surface area contributed by atoms with Gasteiger partial charge in [-0.05, 0) is 5.56 Å². The molecule has 0 radical (unpaired) electrons. The molecular formula is C16H20O6. The molecule has 1 aliphatic rings. The highest BCUT2D eigenvalue weighted by Crippen LogP contribution is 2.25. The summed E-state index contributed by atoms with van der Waals surface area (Å²) in [6.45, 7) is 1.34. The van der Waals surface area contributed by atoms with Gasteiger partial charge in [-0.1, -0.05) is 30.3 Å². The molecule has 1 aliphatic heterocycles. The molecule has 1 fully saturated rings. The van der Waals surface area contributed by atoms with Crippen LogP contribution in [0.25, 0.3) is 0 Å². The Bertz CT molecular complexity index is 493. The molecule has 6 heteroatoms. The van der Waals surface area contributed by atoms with E-state index in [-0.39, 0.29) is 25.2 Å². The van der Waals surface area contributed by atoms with Gasteiger partial charge in [0.15, 0.2) is 5.79 Å². The first-order chi connectivity index (χ1) is 10.6. The third-order valence-electron chi connectivity index (χ3n) is 3.28. The molecule has 0 amide bonds. The van der Waals surface area contributed by atoms with E-state index in [1.54, 1.807) is 0 Å². The van der Waals surface area contributed by atoms with Crippen molar-refractivity contribution in [3.63, 3.8) is 0 Å². The first-order valence-electron chi connectivity index (χ1n) is 7.12. The van der Waals surface area contributed by atoms with Crippen LogP contribution in [0.5, 0.6) is 0 Å². The van der Waals surface area contributed by atoms with E-state index in [9.17, 15) is 9.59 Å². The fourth-order valence-corrected chi connectivity index (χ4v) is 2.23. The Balaban J connectivity index is 1.85. The lowest BCUT2D eigenvalue weighted by molar-refractivity contribution is -0.200. The average molecular weight is 308 g/mol. The van der Waals surface area contributed by atoms with Crippen molar-refractivity contribution in [3.8, 4) is 0 Å². The Morgan fingerprint density at radius 3 is 2.50 bits per heavy atom. The maximum atomic E-state index is 11.9. The predicted octanol–water partition coefficient (Wildman–Crippen LogP) is 1.47. The van der Waals surface area contributed by atoms with Crippen LogP contribution in [0.1, 0.15) is 18.4 Å². The lowest BCUT2D eigenvalue weighted by Gasteiger charge is -2.26. The third kappa shape index (κ3) is 4.91. The number of hydrogen-bond donors (Lipinski definition) is 0. The van der Waals surface area contributed by atoms with Crippen LogP contribution < -0.4 is 0 Å². The summed E-state index contributed by atoms with van der Waals surface area (Å²) in [6.07, 6.45) is -0.319. The van der Waals surface area contributed by atoms with E-state index in [2.05, 4.69) is 4.74 Å². The second kappa shape index (κ2) is 8.03. The van der Waals surface area contributed by atoms with Gasteiger partial charge in [0.2, 0.25) is 0 Å². The summed E-state index contributed by atoms with van der Waals surface area (Å²) in [6, 6.07) is 9.68. The normalized spacial score (nSPS) is 16.4. The van der Waals surface area contributed by atoms with Crippen molar-refractivity contribution in [2.75, 3.05) is 26.9 Å². The number of carbonyl (C=O) groups is 2. The van der Waals surface area contributed by atoms with Crippen LogP contribution >= 0.6 is 0 Å². The van der Waals surface area contributed by atoms with E-state index < -0.39 is 11.8 Å². The van der Waals surface area contributed by atoms with Crippen LogP contribution in [-0.2, 0) is 35.1 Å². The fraction of sp³-hybridized carbons (Fsp3) is 0.500. The molecular weight excluding hydrogens is 288 g/mol. The van der Waals surface area contributed by atoms with Gasteiger partial charge in [-0.2, -0.15) is 0 Å². The van der Waals surface area contributed by atoms with E-state index >= 15 is 0 Å². The highest BCUT2D eigenvalue weighted by atomic mass is 16.8. The number of ether oxygens (including phenoxy) is 4. The SMILES string of the molecule is COC(=O)CC(=O)CC1(COCc2ccccc2)OCCO1. The van der Waals surface area contributed by atoms with Crippen molar-refractivity contribution in [1.29, 1.82) is 0 Å². The molecule has 0 spiro atoms. The number of Topliss-reactive ketones (excluding diaryl/α,β-unsaturated/α-hetero) is 1. The van der Waals surface area contributed by atoms with Crippen LogP contribution in [0.4, 0.5) is 0 Å². The molecule has 2 rings (SSSR count). The molecule has 120 valence electrons. The standard InChI is InChI=1S/C16H20O6/c1-19-15(18)9-14(17)10-16(21-7-8-22-16)12-20-11-13-5-3-2-4-6-13/h2-6H,7-12H2,1H3. The molecule has 1 aromatic carbocycles. The summed E-state index contributed by atoms with van der Waals surface area (Å²) in [7, 11) is 1.25. The van der Waals surface area contributed by atoms with Gasteiger partial charge in [-0.3, -0.25) is 9.59 Å². The van der Waals surface area contributed by atoms with E-state index in [1.165, 1.54) is 7.11 Å². The van der Waals surface area contributed by atoms with Crippen molar-refractivity contribution < 1.29 is 28.5 Å². The van der Waals surface area contributed by atoms with Gasteiger partial charge >= 0.3 is 5.97 Å². The molecule has 6 nitrogen and oxygen atoms in total. The minimum atomic E-state index is -1.10. The molecule has 0 aromatic heterocycles. The second-order valence-corrected chi connectivity index (χ2v) is 5.05. The van der Waals surface area contributed by atoms with Gasteiger partial charge in [-0.15, -0.1) is 0 Å². The summed E-state index contributed by atoms with van der Waals surface area (Å²) in [4.78, 5) is 23.0.